The molecule has 2 aliphatic rings. The molecule has 3 rings (SSSR count). The smallest absolute Gasteiger partial charge is 0.243 e. The highest BCUT2D eigenvalue weighted by Gasteiger charge is 2.30. The second-order valence-corrected chi connectivity index (χ2v) is 9.46. The molecule has 0 unspecified atom stereocenters. The molecule has 138 valence electrons. The molecule has 1 heterocycles. The number of nitrogens with zero attached hydrogens (tertiary/aromatic N) is 2. The van der Waals surface area contributed by atoms with Crippen molar-refractivity contribution in [3.63, 3.8) is 0 Å². The summed E-state index contributed by atoms with van der Waals surface area (Å²) in [5.41, 5.74) is 2.51. The van der Waals surface area contributed by atoms with Crippen molar-refractivity contribution in [3.8, 4) is 0 Å². The highest BCUT2D eigenvalue weighted by atomic mass is 32.2. The minimum absolute atomic E-state index is 0.282. The molecule has 0 radical (unpaired) electrons. The van der Waals surface area contributed by atoms with Crippen LogP contribution in [0.4, 0.5) is 0 Å². The lowest BCUT2D eigenvalue weighted by Crippen LogP contribution is -2.53. The first kappa shape index (κ1) is 18.6. The number of hydrogen-bond acceptors (Lipinski definition) is 3. The van der Waals surface area contributed by atoms with Crippen LogP contribution in [0.5, 0.6) is 0 Å². The van der Waals surface area contributed by atoms with Crippen LogP contribution in [-0.4, -0.2) is 55.0 Å². The van der Waals surface area contributed by atoms with E-state index < -0.39 is 10.0 Å². The number of aryl methyl sites for hydroxylation is 2. The minimum Gasteiger partial charge on any atom is -0.360 e. The van der Waals surface area contributed by atoms with Crippen molar-refractivity contribution >= 4 is 27.4 Å². The first-order valence-corrected chi connectivity index (χ1v) is 10.9. The van der Waals surface area contributed by atoms with Gasteiger partial charge in [-0.3, -0.25) is 0 Å². The lowest BCUT2D eigenvalue weighted by atomic mass is 9.92. The Morgan fingerprint density at radius 2 is 1.72 bits per heavy atom. The van der Waals surface area contributed by atoms with Crippen LogP contribution >= 0.6 is 12.2 Å². The number of sulfonamides is 1. The van der Waals surface area contributed by atoms with E-state index >= 15 is 0 Å². The van der Waals surface area contributed by atoms with Gasteiger partial charge in [-0.05, 0) is 75.0 Å². The number of benzene rings is 1. The van der Waals surface area contributed by atoms with Gasteiger partial charge in [0, 0.05) is 32.2 Å². The van der Waals surface area contributed by atoms with Gasteiger partial charge >= 0.3 is 0 Å². The van der Waals surface area contributed by atoms with E-state index in [2.05, 4.69) is 5.32 Å². The maximum Gasteiger partial charge on any atom is 0.243 e. The standard InChI is InChI=1S/C18H27N3O2S2/c1-14(2)19-18(24)20-9-11-21(12-10-20)25(22,23)17-8-7-15-5-3-4-6-16(15)13-17/h7-8,13-14H,3-6,9-12H2,1-2H3,(H,19,24). The fourth-order valence-electron chi connectivity index (χ4n) is 3.49. The Balaban J connectivity index is 1.69. The Morgan fingerprint density at radius 3 is 2.36 bits per heavy atom. The quantitative estimate of drug-likeness (QED) is 0.813. The van der Waals surface area contributed by atoms with E-state index in [0.717, 1.165) is 19.3 Å². The van der Waals surface area contributed by atoms with E-state index in [1.54, 1.807) is 10.4 Å². The zero-order valence-electron chi connectivity index (χ0n) is 15.0. The molecule has 0 saturated carbocycles. The molecule has 7 heteroatoms. The Labute approximate surface area is 156 Å². The van der Waals surface area contributed by atoms with Gasteiger partial charge in [0.2, 0.25) is 10.0 Å². The summed E-state index contributed by atoms with van der Waals surface area (Å²) in [5, 5.41) is 3.93. The number of fused-ring (bicyclic) bond motifs is 1. The molecule has 0 atom stereocenters. The first-order chi connectivity index (χ1) is 11.9. The maximum atomic E-state index is 13.0. The van der Waals surface area contributed by atoms with Crippen molar-refractivity contribution in [2.75, 3.05) is 26.2 Å². The van der Waals surface area contributed by atoms with Crippen LogP contribution in [0.3, 0.4) is 0 Å². The Kier molecular flexibility index (Phi) is 5.65. The van der Waals surface area contributed by atoms with Crippen molar-refractivity contribution in [1.82, 2.24) is 14.5 Å². The second kappa shape index (κ2) is 7.60. The van der Waals surface area contributed by atoms with E-state index in [-0.39, 0.29) is 6.04 Å². The van der Waals surface area contributed by atoms with Gasteiger partial charge in [0.1, 0.15) is 0 Å². The summed E-state index contributed by atoms with van der Waals surface area (Å²) < 4.78 is 27.6. The van der Waals surface area contributed by atoms with Gasteiger partial charge in [-0.25, -0.2) is 8.42 Å². The van der Waals surface area contributed by atoms with Gasteiger partial charge in [-0.1, -0.05) is 6.07 Å². The van der Waals surface area contributed by atoms with Crippen LogP contribution in [0.15, 0.2) is 23.1 Å². The van der Waals surface area contributed by atoms with Gasteiger partial charge in [-0.15, -0.1) is 0 Å². The lowest BCUT2D eigenvalue weighted by Gasteiger charge is -2.36. The van der Waals surface area contributed by atoms with Crippen LogP contribution < -0.4 is 5.32 Å². The highest BCUT2D eigenvalue weighted by molar-refractivity contribution is 7.89. The topological polar surface area (TPSA) is 52.6 Å². The molecule has 1 fully saturated rings. The predicted molar refractivity (Wildman–Crippen MR) is 104 cm³/mol. The van der Waals surface area contributed by atoms with Gasteiger partial charge in [0.05, 0.1) is 4.90 Å². The zero-order valence-corrected chi connectivity index (χ0v) is 16.6. The molecule has 0 spiro atoms. The Bertz CT molecular complexity index is 739. The summed E-state index contributed by atoms with van der Waals surface area (Å²) >= 11 is 5.39. The Hall–Kier alpha value is -1.18. The minimum atomic E-state index is -3.42. The molecule has 5 nitrogen and oxygen atoms in total. The lowest BCUT2D eigenvalue weighted by molar-refractivity contribution is 0.263. The molecule has 1 aliphatic carbocycles. The molecule has 1 aromatic rings. The maximum absolute atomic E-state index is 13.0. The van der Waals surface area contributed by atoms with Gasteiger partial charge in [-0.2, -0.15) is 4.31 Å². The van der Waals surface area contributed by atoms with Crippen molar-refractivity contribution in [3.05, 3.63) is 29.3 Å². The number of hydrogen-bond donors (Lipinski definition) is 1. The summed E-state index contributed by atoms with van der Waals surface area (Å²) in [7, 11) is -3.42. The van der Waals surface area contributed by atoms with E-state index in [0.29, 0.717) is 36.2 Å². The summed E-state index contributed by atoms with van der Waals surface area (Å²) in [6.45, 7) is 6.29. The van der Waals surface area contributed by atoms with Crippen LogP contribution in [0, 0.1) is 0 Å². The normalized spacial score (nSPS) is 18.9. The van der Waals surface area contributed by atoms with E-state index in [1.165, 1.54) is 17.5 Å². The molecule has 0 bridgehead atoms. The molecule has 1 saturated heterocycles. The molecule has 1 aliphatic heterocycles. The molecule has 25 heavy (non-hydrogen) atoms. The zero-order chi connectivity index (χ0) is 18.0. The molecule has 0 amide bonds. The Morgan fingerprint density at radius 1 is 1.08 bits per heavy atom. The molecule has 1 aromatic carbocycles. The number of rotatable bonds is 3. The molecule has 0 aromatic heterocycles. The average molecular weight is 382 g/mol. The van der Waals surface area contributed by atoms with Crippen molar-refractivity contribution < 1.29 is 8.42 Å². The molecular formula is C18H27N3O2S2. The monoisotopic (exact) mass is 381 g/mol. The van der Waals surface area contributed by atoms with Gasteiger partial charge in [0.15, 0.2) is 5.11 Å². The predicted octanol–water partition coefficient (Wildman–Crippen LogP) is 2.15. The van der Waals surface area contributed by atoms with Crippen molar-refractivity contribution in [2.45, 2.75) is 50.5 Å². The fraction of sp³-hybridized carbons (Fsp3) is 0.611. The fourth-order valence-corrected chi connectivity index (χ4v) is 5.38. The highest BCUT2D eigenvalue weighted by Crippen LogP contribution is 2.26. The summed E-state index contributed by atoms with van der Waals surface area (Å²) in [6.07, 6.45) is 4.40. The number of nitrogens with one attached hydrogen (secondary N) is 1. The van der Waals surface area contributed by atoms with Crippen molar-refractivity contribution in [1.29, 1.82) is 0 Å². The summed E-state index contributed by atoms with van der Waals surface area (Å²) in [6, 6.07) is 5.95. The van der Waals surface area contributed by atoms with E-state index in [9.17, 15) is 8.42 Å². The molecular weight excluding hydrogens is 354 g/mol. The van der Waals surface area contributed by atoms with E-state index in [1.807, 2.05) is 30.9 Å². The van der Waals surface area contributed by atoms with Gasteiger partial charge in [0.25, 0.3) is 0 Å². The van der Waals surface area contributed by atoms with Crippen molar-refractivity contribution in [2.24, 2.45) is 0 Å². The van der Waals surface area contributed by atoms with Crippen LogP contribution in [0.25, 0.3) is 0 Å². The number of thiocarbonyl (C=S) groups is 1. The largest absolute Gasteiger partial charge is 0.360 e. The van der Waals surface area contributed by atoms with Crippen LogP contribution in [0.2, 0.25) is 0 Å². The van der Waals surface area contributed by atoms with E-state index in [4.69, 9.17) is 12.2 Å². The third-order valence-electron chi connectivity index (χ3n) is 4.90. The summed E-state index contributed by atoms with van der Waals surface area (Å²) in [5.74, 6) is 0. The second-order valence-electron chi connectivity index (χ2n) is 7.13. The summed E-state index contributed by atoms with van der Waals surface area (Å²) in [4.78, 5) is 2.48. The van der Waals surface area contributed by atoms with Crippen LogP contribution in [-0.2, 0) is 22.9 Å². The van der Waals surface area contributed by atoms with Gasteiger partial charge < -0.3 is 10.2 Å². The molecule has 1 N–H and O–H groups in total. The third-order valence-corrected chi connectivity index (χ3v) is 7.17. The number of piperazine rings is 1. The third kappa shape index (κ3) is 4.15. The SMILES string of the molecule is CC(C)NC(=S)N1CCN(S(=O)(=O)c2ccc3c(c2)CCCC3)CC1. The van der Waals surface area contributed by atoms with Crippen LogP contribution in [0.1, 0.15) is 37.8 Å². The average Bonchev–Trinajstić information content (AvgIpc) is 2.61. The first-order valence-electron chi connectivity index (χ1n) is 9.05.